The van der Waals surface area contributed by atoms with Crippen LogP contribution in [0.2, 0.25) is 0 Å². The van der Waals surface area contributed by atoms with Crippen molar-refractivity contribution in [3.8, 4) is 0 Å². The van der Waals surface area contributed by atoms with Gasteiger partial charge in [0.1, 0.15) is 0 Å². The predicted octanol–water partition coefficient (Wildman–Crippen LogP) is 4.56. The average molecular weight is 168 g/mol. The summed E-state index contributed by atoms with van der Waals surface area (Å²) in [5.41, 5.74) is 1.33. The largest absolute Gasteiger partial charge is 0.100 e. The number of hydrogen-bond acceptors (Lipinski definition) is 0. The van der Waals surface area contributed by atoms with Gasteiger partial charge in [-0.3, -0.25) is 0 Å². The fraction of sp³-hybridized carbons (Fsp3) is 0.833. The summed E-state index contributed by atoms with van der Waals surface area (Å²) in [5.74, 6) is 0.967. The third-order valence-corrected chi connectivity index (χ3v) is 2.49. The zero-order valence-electron chi connectivity index (χ0n) is 9.03. The van der Waals surface area contributed by atoms with Crippen molar-refractivity contribution in [2.75, 3.05) is 0 Å². The SMILES string of the molecule is C=C(C)CCCC(CC)CCC. The minimum absolute atomic E-state index is 0.967. The summed E-state index contributed by atoms with van der Waals surface area (Å²) in [7, 11) is 0. The first-order valence-electron chi connectivity index (χ1n) is 5.35. The third-order valence-electron chi connectivity index (χ3n) is 2.49. The van der Waals surface area contributed by atoms with E-state index in [0.717, 1.165) is 5.92 Å². The van der Waals surface area contributed by atoms with Gasteiger partial charge in [0.2, 0.25) is 0 Å². The standard InChI is InChI=1S/C12H24/c1-5-8-12(6-2)10-7-9-11(3)4/h12H,3,5-10H2,1-2,4H3. The van der Waals surface area contributed by atoms with Crippen LogP contribution in [0.15, 0.2) is 12.2 Å². The lowest BCUT2D eigenvalue weighted by Crippen LogP contribution is -1.97. The van der Waals surface area contributed by atoms with Crippen LogP contribution in [0, 0.1) is 5.92 Å². The van der Waals surface area contributed by atoms with Crippen molar-refractivity contribution in [3.63, 3.8) is 0 Å². The normalized spacial score (nSPS) is 12.9. The highest BCUT2D eigenvalue weighted by Crippen LogP contribution is 2.19. The summed E-state index contributed by atoms with van der Waals surface area (Å²) >= 11 is 0. The quantitative estimate of drug-likeness (QED) is 0.489. The van der Waals surface area contributed by atoms with E-state index in [1.165, 1.54) is 44.1 Å². The van der Waals surface area contributed by atoms with Crippen LogP contribution in [0.25, 0.3) is 0 Å². The molecule has 0 heteroatoms. The van der Waals surface area contributed by atoms with E-state index in [1.54, 1.807) is 0 Å². The second-order valence-electron chi connectivity index (χ2n) is 3.91. The summed E-state index contributed by atoms with van der Waals surface area (Å²) in [6.45, 7) is 10.6. The van der Waals surface area contributed by atoms with Crippen LogP contribution < -0.4 is 0 Å². The molecule has 0 spiro atoms. The lowest BCUT2D eigenvalue weighted by atomic mass is 9.94. The van der Waals surface area contributed by atoms with Crippen molar-refractivity contribution in [1.82, 2.24) is 0 Å². The molecule has 0 aliphatic rings. The van der Waals surface area contributed by atoms with Crippen molar-refractivity contribution in [1.29, 1.82) is 0 Å². The van der Waals surface area contributed by atoms with Crippen molar-refractivity contribution < 1.29 is 0 Å². The Labute approximate surface area is 78.1 Å². The molecule has 0 aliphatic carbocycles. The summed E-state index contributed by atoms with van der Waals surface area (Å²) in [6.07, 6.45) is 8.06. The predicted molar refractivity (Wildman–Crippen MR) is 57.4 cm³/mol. The lowest BCUT2D eigenvalue weighted by Gasteiger charge is -2.12. The third kappa shape index (κ3) is 6.45. The van der Waals surface area contributed by atoms with Gasteiger partial charge in [0, 0.05) is 0 Å². The minimum atomic E-state index is 0.967. The van der Waals surface area contributed by atoms with Gasteiger partial charge in [-0.25, -0.2) is 0 Å². The molecule has 0 amide bonds. The summed E-state index contributed by atoms with van der Waals surface area (Å²) < 4.78 is 0. The van der Waals surface area contributed by atoms with E-state index >= 15 is 0 Å². The molecule has 0 saturated heterocycles. The molecule has 0 nitrogen and oxygen atoms in total. The fourth-order valence-corrected chi connectivity index (χ4v) is 1.65. The minimum Gasteiger partial charge on any atom is -0.100 e. The molecule has 0 saturated carbocycles. The van der Waals surface area contributed by atoms with E-state index in [1.807, 2.05) is 0 Å². The van der Waals surface area contributed by atoms with E-state index < -0.39 is 0 Å². The number of allylic oxidation sites excluding steroid dienone is 1. The second kappa shape index (κ2) is 7.39. The van der Waals surface area contributed by atoms with Gasteiger partial charge in [-0.1, -0.05) is 45.1 Å². The molecule has 0 aliphatic heterocycles. The first-order valence-corrected chi connectivity index (χ1v) is 5.35. The molecule has 0 radical (unpaired) electrons. The number of hydrogen-bond donors (Lipinski definition) is 0. The summed E-state index contributed by atoms with van der Waals surface area (Å²) in [5, 5.41) is 0. The molecule has 12 heavy (non-hydrogen) atoms. The molecule has 0 bridgehead atoms. The molecule has 0 rings (SSSR count). The van der Waals surface area contributed by atoms with E-state index in [0.29, 0.717) is 0 Å². The molecule has 1 atom stereocenters. The molecular formula is C12H24. The van der Waals surface area contributed by atoms with Gasteiger partial charge in [0.05, 0.1) is 0 Å². The van der Waals surface area contributed by atoms with Crippen molar-refractivity contribution in [2.45, 2.75) is 59.3 Å². The molecule has 0 fully saturated rings. The first-order chi connectivity index (χ1) is 5.70. The van der Waals surface area contributed by atoms with E-state index in [2.05, 4.69) is 27.4 Å². The maximum atomic E-state index is 3.92. The number of rotatable bonds is 7. The van der Waals surface area contributed by atoms with E-state index in [4.69, 9.17) is 0 Å². The van der Waals surface area contributed by atoms with E-state index in [-0.39, 0.29) is 0 Å². The zero-order chi connectivity index (χ0) is 9.40. The molecule has 72 valence electrons. The van der Waals surface area contributed by atoms with Gasteiger partial charge in [0.15, 0.2) is 0 Å². The van der Waals surface area contributed by atoms with Crippen LogP contribution in [-0.2, 0) is 0 Å². The van der Waals surface area contributed by atoms with Crippen LogP contribution in [0.5, 0.6) is 0 Å². The van der Waals surface area contributed by atoms with Gasteiger partial charge in [0.25, 0.3) is 0 Å². The highest BCUT2D eigenvalue weighted by molar-refractivity contribution is 4.87. The van der Waals surface area contributed by atoms with Crippen molar-refractivity contribution in [3.05, 3.63) is 12.2 Å². The van der Waals surface area contributed by atoms with Crippen LogP contribution in [-0.4, -0.2) is 0 Å². The Morgan fingerprint density at radius 2 is 1.92 bits per heavy atom. The Balaban J connectivity index is 3.37. The Kier molecular flexibility index (Phi) is 7.23. The summed E-state index contributed by atoms with van der Waals surface area (Å²) in [4.78, 5) is 0. The highest BCUT2D eigenvalue weighted by atomic mass is 14.1. The van der Waals surface area contributed by atoms with Crippen LogP contribution in [0.1, 0.15) is 59.3 Å². The van der Waals surface area contributed by atoms with Gasteiger partial charge < -0.3 is 0 Å². The van der Waals surface area contributed by atoms with Gasteiger partial charge >= 0.3 is 0 Å². The molecule has 0 heterocycles. The van der Waals surface area contributed by atoms with Crippen LogP contribution in [0.4, 0.5) is 0 Å². The smallest absolute Gasteiger partial charge is 0.0326 e. The lowest BCUT2D eigenvalue weighted by molar-refractivity contribution is 0.419. The molecule has 0 aromatic rings. The molecule has 1 unspecified atom stereocenters. The Morgan fingerprint density at radius 1 is 1.25 bits per heavy atom. The van der Waals surface area contributed by atoms with Gasteiger partial charge in [-0.05, 0) is 25.7 Å². The maximum Gasteiger partial charge on any atom is -0.0326 e. The average Bonchev–Trinajstić information content (AvgIpc) is 2.02. The van der Waals surface area contributed by atoms with Crippen molar-refractivity contribution >= 4 is 0 Å². The van der Waals surface area contributed by atoms with Crippen LogP contribution in [0.3, 0.4) is 0 Å². The Bertz CT molecular complexity index is 113. The first kappa shape index (κ1) is 11.7. The van der Waals surface area contributed by atoms with Crippen molar-refractivity contribution in [2.24, 2.45) is 5.92 Å². The van der Waals surface area contributed by atoms with Gasteiger partial charge in [-0.15, -0.1) is 6.58 Å². The fourth-order valence-electron chi connectivity index (χ4n) is 1.65. The molecular weight excluding hydrogens is 144 g/mol. The second-order valence-corrected chi connectivity index (χ2v) is 3.91. The maximum absolute atomic E-state index is 3.92. The molecule has 0 aromatic carbocycles. The topological polar surface area (TPSA) is 0 Å². The monoisotopic (exact) mass is 168 g/mol. The molecule has 0 aromatic heterocycles. The Hall–Kier alpha value is -0.260. The van der Waals surface area contributed by atoms with E-state index in [9.17, 15) is 0 Å². The van der Waals surface area contributed by atoms with Gasteiger partial charge in [-0.2, -0.15) is 0 Å². The highest BCUT2D eigenvalue weighted by Gasteiger charge is 2.03. The summed E-state index contributed by atoms with van der Waals surface area (Å²) in [6, 6.07) is 0. The van der Waals surface area contributed by atoms with Crippen LogP contribution >= 0.6 is 0 Å². The molecule has 0 N–H and O–H groups in total. The zero-order valence-corrected chi connectivity index (χ0v) is 9.03. The Morgan fingerprint density at radius 3 is 2.33 bits per heavy atom.